The molecule has 25 heavy (non-hydrogen) atoms. The minimum Gasteiger partial charge on any atom is -0.196 e. The van der Waals surface area contributed by atoms with Crippen LogP contribution in [0.2, 0.25) is 0 Å². The van der Waals surface area contributed by atoms with Crippen molar-refractivity contribution in [2.75, 3.05) is 0 Å². The summed E-state index contributed by atoms with van der Waals surface area (Å²) in [4.78, 5) is 1.56. The van der Waals surface area contributed by atoms with Crippen molar-refractivity contribution in [3.63, 3.8) is 0 Å². The molecule has 2 heterocycles. The van der Waals surface area contributed by atoms with Crippen molar-refractivity contribution in [2.24, 2.45) is 0 Å². The number of allylic oxidation sites excluding steroid dienone is 6. The van der Waals surface area contributed by atoms with Gasteiger partial charge in [-0.1, -0.05) is 30.4 Å². The summed E-state index contributed by atoms with van der Waals surface area (Å²) in [7, 11) is 0. The molecule has 0 spiro atoms. The first-order valence-electron chi connectivity index (χ1n) is 7.02. The summed E-state index contributed by atoms with van der Waals surface area (Å²) >= 11 is 1.36. The molecule has 0 aliphatic carbocycles. The van der Waals surface area contributed by atoms with Crippen LogP contribution in [0, 0.1) is 11.3 Å². The Kier molecular flexibility index (Phi) is 5.72. The van der Waals surface area contributed by atoms with Crippen molar-refractivity contribution < 1.29 is 13.2 Å². The first-order valence-corrected chi connectivity index (χ1v) is 7.84. The van der Waals surface area contributed by atoms with Crippen molar-refractivity contribution >= 4 is 17.4 Å². The number of thiophene rings is 1. The number of aromatic amines is 1. The van der Waals surface area contributed by atoms with Gasteiger partial charge in [-0.15, -0.1) is 16.4 Å². The van der Waals surface area contributed by atoms with Crippen LogP contribution >= 0.6 is 11.3 Å². The molecule has 128 valence electrons. The summed E-state index contributed by atoms with van der Waals surface area (Å²) in [5.41, 5.74) is 0.322. The quantitative estimate of drug-likeness (QED) is 0.758. The lowest BCUT2D eigenvalue weighted by atomic mass is 10.1. The standard InChI is InChI=1S/C17H13F3N4S/c1-3-4-12(17(18,19)20)9-11(2)5-6-13-7-8-15(25-13)16-14(10-21)22-24-23-16/h3-9H,1H2,2H3,(H,22,23,24)/b6-5+,11-9+,12-4+. The van der Waals surface area contributed by atoms with Gasteiger partial charge in [0.25, 0.3) is 0 Å². The Labute approximate surface area is 146 Å². The molecular formula is C17H13F3N4S. The number of alkyl halides is 3. The van der Waals surface area contributed by atoms with Gasteiger partial charge in [0.15, 0.2) is 5.69 Å². The van der Waals surface area contributed by atoms with Crippen molar-refractivity contribution in [1.29, 1.82) is 5.26 Å². The Bertz CT molecular complexity index is 892. The lowest BCUT2D eigenvalue weighted by Crippen LogP contribution is -2.09. The van der Waals surface area contributed by atoms with Gasteiger partial charge < -0.3 is 0 Å². The van der Waals surface area contributed by atoms with Gasteiger partial charge in [-0.25, -0.2) is 0 Å². The molecule has 0 saturated heterocycles. The number of H-pyrrole nitrogens is 1. The van der Waals surface area contributed by atoms with E-state index >= 15 is 0 Å². The molecule has 2 rings (SSSR count). The van der Waals surface area contributed by atoms with Crippen LogP contribution in [-0.2, 0) is 0 Å². The van der Waals surface area contributed by atoms with Crippen LogP contribution in [0.25, 0.3) is 16.6 Å². The lowest BCUT2D eigenvalue weighted by Gasteiger charge is -2.07. The largest absolute Gasteiger partial charge is 0.416 e. The van der Waals surface area contributed by atoms with Gasteiger partial charge in [-0.2, -0.15) is 28.7 Å². The smallest absolute Gasteiger partial charge is 0.196 e. The van der Waals surface area contributed by atoms with Gasteiger partial charge >= 0.3 is 6.18 Å². The molecule has 0 bridgehead atoms. The topological polar surface area (TPSA) is 65.4 Å². The highest BCUT2D eigenvalue weighted by Gasteiger charge is 2.31. The maximum atomic E-state index is 12.8. The zero-order valence-corrected chi connectivity index (χ0v) is 13.9. The van der Waals surface area contributed by atoms with E-state index in [1.54, 1.807) is 31.2 Å². The number of aromatic nitrogens is 3. The van der Waals surface area contributed by atoms with Crippen LogP contribution in [0.5, 0.6) is 0 Å². The number of hydrogen-bond donors (Lipinski definition) is 1. The van der Waals surface area contributed by atoms with Crippen LogP contribution in [0.1, 0.15) is 17.5 Å². The molecule has 0 amide bonds. The van der Waals surface area contributed by atoms with Crippen LogP contribution in [0.3, 0.4) is 0 Å². The average Bonchev–Trinajstić information content (AvgIpc) is 3.20. The van der Waals surface area contributed by atoms with Gasteiger partial charge in [0, 0.05) is 4.88 Å². The third kappa shape index (κ3) is 4.78. The van der Waals surface area contributed by atoms with Crippen molar-refractivity contribution in [2.45, 2.75) is 13.1 Å². The van der Waals surface area contributed by atoms with Crippen LogP contribution in [0.15, 0.2) is 54.2 Å². The molecule has 0 unspecified atom stereocenters. The van der Waals surface area contributed by atoms with Gasteiger partial charge in [-0.3, -0.25) is 0 Å². The van der Waals surface area contributed by atoms with Gasteiger partial charge in [0.2, 0.25) is 0 Å². The summed E-state index contributed by atoms with van der Waals surface area (Å²) in [6.45, 7) is 4.88. The van der Waals surface area contributed by atoms with Crippen molar-refractivity contribution in [3.8, 4) is 16.6 Å². The summed E-state index contributed by atoms with van der Waals surface area (Å²) in [5, 5.41) is 19.0. The molecule has 1 N–H and O–H groups in total. The van der Waals surface area contributed by atoms with E-state index in [1.165, 1.54) is 11.3 Å². The first-order chi connectivity index (χ1) is 11.8. The van der Waals surface area contributed by atoms with Crippen LogP contribution in [0.4, 0.5) is 13.2 Å². The van der Waals surface area contributed by atoms with Crippen molar-refractivity contribution in [1.82, 2.24) is 15.4 Å². The van der Waals surface area contributed by atoms with E-state index in [2.05, 4.69) is 22.0 Å². The molecule has 8 heteroatoms. The molecule has 0 fully saturated rings. The fourth-order valence-corrected chi connectivity index (χ4v) is 2.81. The molecule has 2 aromatic heterocycles. The second-order valence-corrected chi connectivity index (χ2v) is 6.03. The number of nitriles is 1. The lowest BCUT2D eigenvalue weighted by molar-refractivity contribution is -0.0882. The third-order valence-corrected chi connectivity index (χ3v) is 4.09. The Hall–Kier alpha value is -2.92. The van der Waals surface area contributed by atoms with Crippen LogP contribution in [-0.4, -0.2) is 21.6 Å². The monoisotopic (exact) mass is 362 g/mol. The Morgan fingerprint density at radius 1 is 1.36 bits per heavy atom. The third-order valence-electron chi connectivity index (χ3n) is 3.03. The highest BCUT2D eigenvalue weighted by Crippen LogP contribution is 2.30. The number of nitrogens with one attached hydrogen (secondary N) is 1. The molecule has 0 aliphatic rings. The molecule has 0 aliphatic heterocycles. The maximum Gasteiger partial charge on any atom is 0.416 e. The molecule has 0 saturated carbocycles. The predicted molar refractivity (Wildman–Crippen MR) is 91.5 cm³/mol. The summed E-state index contributed by atoms with van der Waals surface area (Å²) < 4.78 is 38.5. The molecule has 2 aromatic rings. The second-order valence-electron chi connectivity index (χ2n) is 4.91. The van der Waals surface area contributed by atoms with Crippen LogP contribution < -0.4 is 0 Å². The first kappa shape index (κ1) is 18.4. The minimum atomic E-state index is -4.43. The second kappa shape index (κ2) is 7.77. The van der Waals surface area contributed by atoms with Gasteiger partial charge in [0.1, 0.15) is 11.8 Å². The molecular weight excluding hydrogens is 349 g/mol. The Morgan fingerprint density at radius 2 is 2.12 bits per heavy atom. The molecule has 0 atom stereocenters. The Balaban J connectivity index is 2.20. The van der Waals surface area contributed by atoms with Gasteiger partial charge in [0.05, 0.1) is 10.5 Å². The number of rotatable bonds is 5. The summed E-state index contributed by atoms with van der Waals surface area (Å²) in [6, 6.07) is 5.51. The molecule has 0 aromatic carbocycles. The fraction of sp³-hybridized carbons (Fsp3) is 0.118. The molecule has 4 nitrogen and oxygen atoms in total. The minimum absolute atomic E-state index is 0.192. The zero-order valence-electron chi connectivity index (χ0n) is 13.1. The maximum absolute atomic E-state index is 12.8. The fourth-order valence-electron chi connectivity index (χ4n) is 1.91. The number of nitrogens with zero attached hydrogens (tertiary/aromatic N) is 3. The van der Waals surface area contributed by atoms with Crippen molar-refractivity contribution in [3.05, 3.63) is 64.7 Å². The Morgan fingerprint density at radius 3 is 2.76 bits per heavy atom. The average molecular weight is 362 g/mol. The SMILES string of the molecule is C=C\C=C(/C=C(C)/C=C/c1ccc(-c2n[nH]nc2C#N)s1)C(F)(F)F. The number of halogens is 3. The summed E-state index contributed by atoms with van der Waals surface area (Å²) in [5.74, 6) is 0. The summed E-state index contributed by atoms with van der Waals surface area (Å²) in [6.07, 6.45) is 1.94. The van der Waals surface area contributed by atoms with E-state index in [9.17, 15) is 13.2 Å². The van der Waals surface area contributed by atoms with E-state index in [-0.39, 0.29) is 5.69 Å². The predicted octanol–water partition coefficient (Wildman–Crippen LogP) is 5.04. The number of hydrogen-bond acceptors (Lipinski definition) is 4. The van der Waals surface area contributed by atoms with E-state index in [0.29, 0.717) is 11.3 Å². The van der Waals surface area contributed by atoms with E-state index in [0.717, 1.165) is 28.0 Å². The molecule has 0 radical (unpaired) electrons. The van der Waals surface area contributed by atoms with E-state index < -0.39 is 11.7 Å². The van der Waals surface area contributed by atoms with E-state index in [1.807, 2.05) is 6.07 Å². The highest BCUT2D eigenvalue weighted by molar-refractivity contribution is 7.16. The van der Waals surface area contributed by atoms with E-state index in [4.69, 9.17) is 5.26 Å². The normalized spacial score (nSPS) is 13.2. The van der Waals surface area contributed by atoms with Gasteiger partial charge in [-0.05, 0) is 31.2 Å². The highest BCUT2D eigenvalue weighted by atomic mass is 32.1. The zero-order chi connectivity index (χ0) is 18.4.